The molecule has 1 aliphatic rings. The summed E-state index contributed by atoms with van der Waals surface area (Å²) < 4.78 is 5.37. The molecule has 1 fully saturated rings. The highest BCUT2D eigenvalue weighted by molar-refractivity contribution is 7.13. The molecule has 0 radical (unpaired) electrons. The number of carbonyl (C=O) groups excluding carboxylic acids is 2. The van der Waals surface area contributed by atoms with Gasteiger partial charge in [0.1, 0.15) is 22.7 Å². The van der Waals surface area contributed by atoms with Crippen LogP contribution in [-0.4, -0.2) is 44.9 Å². The van der Waals surface area contributed by atoms with Gasteiger partial charge in [0.25, 0.3) is 11.8 Å². The molecule has 1 N–H and O–H groups in total. The van der Waals surface area contributed by atoms with Crippen molar-refractivity contribution in [1.82, 2.24) is 20.0 Å². The molecule has 0 atom stereocenters. The van der Waals surface area contributed by atoms with E-state index in [1.165, 1.54) is 22.7 Å². The van der Waals surface area contributed by atoms with Crippen molar-refractivity contribution in [1.29, 1.82) is 0 Å². The van der Waals surface area contributed by atoms with Crippen LogP contribution in [-0.2, 0) is 0 Å². The number of hydrogen-bond donors (Lipinski definition) is 1. The fourth-order valence-electron chi connectivity index (χ4n) is 3.93. The number of rotatable bonds is 5. The maximum atomic E-state index is 13.3. The van der Waals surface area contributed by atoms with Gasteiger partial charge in [0, 0.05) is 41.5 Å². The first-order valence-corrected chi connectivity index (χ1v) is 12.3. The minimum absolute atomic E-state index is 0.0614. The molecule has 0 bridgehead atoms. The van der Waals surface area contributed by atoms with Crippen molar-refractivity contribution in [2.45, 2.75) is 25.7 Å². The third kappa shape index (κ3) is 4.44. The monoisotopic (exact) mass is 479 g/mol. The van der Waals surface area contributed by atoms with Gasteiger partial charge >= 0.3 is 0 Å². The SMILES string of the molecule is Cc1onc(-c2ccccc2)c1C(=O)N1CCC(c2nc(C(=O)Nc3nccs3)cs2)CC1. The van der Waals surface area contributed by atoms with Crippen molar-refractivity contribution in [3.63, 3.8) is 0 Å². The summed E-state index contributed by atoms with van der Waals surface area (Å²) in [4.78, 5) is 36.2. The molecule has 3 aromatic heterocycles. The number of carbonyl (C=O) groups is 2. The maximum Gasteiger partial charge on any atom is 0.276 e. The van der Waals surface area contributed by atoms with Gasteiger partial charge in [-0.1, -0.05) is 35.5 Å². The van der Waals surface area contributed by atoms with Crippen LogP contribution in [0.5, 0.6) is 0 Å². The predicted molar refractivity (Wildman–Crippen MR) is 127 cm³/mol. The second-order valence-electron chi connectivity index (χ2n) is 7.76. The first-order chi connectivity index (χ1) is 16.1. The maximum absolute atomic E-state index is 13.3. The molecule has 4 aromatic rings. The van der Waals surface area contributed by atoms with Crippen molar-refractivity contribution < 1.29 is 14.1 Å². The summed E-state index contributed by atoms with van der Waals surface area (Å²) in [5.41, 5.74) is 2.36. The molecule has 1 aliphatic heterocycles. The molecule has 10 heteroatoms. The quantitative estimate of drug-likeness (QED) is 0.440. The Labute approximate surface area is 198 Å². The summed E-state index contributed by atoms with van der Waals surface area (Å²) in [5, 5.41) is 12.0. The van der Waals surface area contributed by atoms with Gasteiger partial charge in [-0.3, -0.25) is 14.9 Å². The summed E-state index contributed by atoms with van der Waals surface area (Å²) >= 11 is 2.86. The number of piperidine rings is 1. The molecule has 8 nitrogen and oxygen atoms in total. The Morgan fingerprint density at radius 3 is 2.67 bits per heavy atom. The van der Waals surface area contributed by atoms with Crippen molar-refractivity contribution in [3.05, 3.63) is 69.3 Å². The molecule has 4 heterocycles. The lowest BCUT2D eigenvalue weighted by Crippen LogP contribution is -2.38. The number of benzene rings is 1. The topological polar surface area (TPSA) is 101 Å². The first kappa shape index (κ1) is 21.5. The Morgan fingerprint density at radius 2 is 1.94 bits per heavy atom. The average molecular weight is 480 g/mol. The lowest BCUT2D eigenvalue weighted by Gasteiger charge is -2.31. The van der Waals surface area contributed by atoms with E-state index in [9.17, 15) is 9.59 Å². The summed E-state index contributed by atoms with van der Waals surface area (Å²) in [6.45, 7) is 3.00. The second-order valence-corrected chi connectivity index (χ2v) is 9.54. The van der Waals surface area contributed by atoms with Gasteiger partial charge in [-0.25, -0.2) is 9.97 Å². The summed E-state index contributed by atoms with van der Waals surface area (Å²) in [6.07, 6.45) is 3.22. The van der Waals surface area contributed by atoms with Crippen LogP contribution in [0.15, 0.2) is 51.8 Å². The normalized spacial score (nSPS) is 14.4. The molecule has 2 amide bonds. The third-order valence-electron chi connectivity index (χ3n) is 5.66. The van der Waals surface area contributed by atoms with Crippen LogP contribution in [0.1, 0.15) is 50.4 Å². The van der Waals surface area contributed by atoms with Crippen LogP contribution < -0.4 is 5.32 Å². The Morgan fingerprint density at radius 1 is 1.15 bits per heavy atom. The van der Waals surface area contributed by atoms with Crippen LogP contribution in [0.4, 0.5) is 5.13 Å². The van der Waals surface area contributed by atoms with Gasteiger partial charge in [-0.05, 0) is 19.8 Å². The first-order valence-electron chi connectivity index (χ1n) is 10.6. The van der Waals surface area contributed by atoms with Gasteiger partial charge in [-0.15, -0.1) is 22.7 Å². The summed E-state index contributed by atoms with van der Waals surface area (Å²) in [7, 11) is 0. The van der Waals surface area contributed by atoms with Crippen molar-refractivity contribution >= 4 is 39.6 Å². The van der Waals surface area contributed by atoms with E-state index >= 15 is 0 Å². The molecular weight excluding hydrogens is 458 g/mol. The lowest BCUT2D eigenvalue weighted by molar-refractivity contribution is 0.0712. The summed E-state index contributed by atoms with van der Waals surface area (Å²) in [6, 6.07) is 9.60. The summed E-state index contributed by atoms with van der Waals surface area (Å²) in [5.74, 6) is 0.430. The van der Waals surface area contributed by atoms with E-state index in [4.69, 9.17) is 4.52 Å². The number of thiazole rings is 2. The van der Waals surface area contributed by atoms with Crippen LogP contribution in [0.2, 0.25) is 0 Å². The van der Waals surface area contributed by atoms with Gasteiger partial charge in [0.2, 0.25) is 0 Å². The van der Waals surface area contributed by atoms with Crippen LogP contribution >= 0.6 is 22.7 Å². The van der Waals surface area contributed by atoms with Crippen molar-refractivity contribution in [2.24, 2.45) is 0 Å². The molecule has 0 spiro atoms. The number of aryl methyl sites for hydroxylation is 1. The zero-order valence-corrected chi connectivity index (χ0v) is 19.5. The molecule has 33 heavy (non-hydrogen) atoms. The molecule has 1 aromatic carbocycles. The molecule has 0 aliphatic carbocycles. The Kier molecular flexibility index (Phi) is 6.01. The zero-order valence-electron chi connectivity index (χ0n) is 17.9. The lowest BCUT2D eigenvalue weighted by atomic mass is 9.96. The highest BCUT2D eigenvalue weighted by Crippen LogP contribution is 2.33. The van der Waals surface area contributed by atoms with Crippen molar-refractivity contribution in [3.8, 4) is 11.3 Å². The van der Waals surface area contributed by atoms with E-state index in [1.54, 1.807) is 23.9 Å². The van der Waals surface area contributed by atoms with E-state index < -0.39 is 0 Å². The fraction of sp³-hybridized carbons (Fsp3) is 0.261. The molecule has 168 valence electrons. The van der Waals surface area contributed by atoms with Gasteiger partial charge in [-0.2, -0.15) is 0 Å². The fourth-order valence-corrected chi connectivity index (χ4v) is 5.43. The number of aromatic nitrogens is 3. The Hall–Kier alpha value is -3.37. The zero-order chi connectivity index (χ0) is 22.8. The number of nitrogens with zero attached hydrogens (tertiary/aromatic N) is 4. The average Bonchev–Trinajstić information content (AvgIpc) is 3.61. The van der Waals surface area contributed by atoms with Gasteiger partial charge < -0.3 is 9.42 Å². The minimum Gasteiger partial charge on any atom is -0.360 e. The third-order valence-corrected chi connectivity index (χ3v) is 7.36. The largest absolute Gasteiger partial charge is 0.360 e. The predicted octanol–water partition coefficient (Wildman–Crippen LogP) is 4.84. The van der Waals surface area contributed by atoms with E-state index in [0.717, 1.165) is 23.4 Å². The molecular formula is C23H21N5O3S2. The van der Waals surface area contributed by atoms with Gasteiger partial charge in [0.15, 0.2) is 5.13 Å². The smallest absolute Gasteiger partial charge is 0.276 e. The van der Waals surface area contributed by atoms with E-state index in [2.05, 4.69) is 20.4 Å². The van der Waals surface area contributed by atoms with Crippen LogP contribution in [0.25, 0.3) is 11.3 Å². The van der Waals surface area contributed by atoms with E-state index in [-0.39, 0.29) is 17.7 Å². The molecule has 1 saturated heterocycles. The standard InChI is InChI=1S/C23H21N5O3S2/c1-14-18(19(27-31-14)15-5-3-2-4-6-15)22(30)28-10-7-16(8-11-28)21-25-17(13-33-21)20(29)26-23-24-9-12-32-23/h2-6,9,12-13,16H,7-8,10-11H2,1H3,(H,24,26,29). The van der Waals surface area contributed by atoms with E-state index in [1.807, 2.05) is 35.2 Å². The minimum atomic E-state index is -0.253. The highest BCUT2D eigenvalue weighted by atomic mass is 32.1. The molecule has 5 rings (SSSR count). The number of anilines is 1. The van der Waals surface area contributed by atoms with E-state index in [0.29, 0.717) is 40.9 Å². The number of amides is 2. The van der Waals surface area contributed by atoms with Gasteiger partial charge in [0.05, 0.1) is 5.01 Å². The Bertz CT molecular complexity index is 1260. The molecule has 0 saturated carbocycles. The van der Waals surface area contributed by atoms with Crippen LogP contribution in [0.3, 0.4) is 0 Å². The van der Waals surface area contributed by atoms with Crippen molar-refractivity contribution in [2.75, 3.05) is 18.4 Å². The molecule has 0 unspecified atom stereocenters. The number of nitrogens with one attached hydrogen (secondary N) is 1. The number of hydrogen-bond acceptors (Lipinski definition) is 8. The Balaban J connectivity index is 1.24. The second kappa shape index (κ2) is 9.24. The van der Waals surface area contributed by atoms with Crippen LogP contribution in [0, 0.1) is 6.92 Å². The number of likely N-dealkylation sites (tertiary alicyclic amines) is 1. The highest BCUT2D eigenvalue weighted by Gasteiger charge is 2.30.